The molecule has 0 spiro atoms. The van der Waals surface area contributed by atoms with Gasteiger partial charge in [-0.3, -0.25) is 9.59 Å². The molecule has 1 fully saturated rings. The lowest BCUT2D eigenvalue weighted by Crippen LogP contribution is -2.48. The van der Waals surface area contributed by atoms with Crippen LogP contribution in [-0.2, 0) is 9.59 Å². The Morgan fingerprint density at radius 3 is 2.35 bits per heavy atom. The van der Waals surface area contributed by atoms with Gasteiger partial charge >= 0.3 is 5.97 Å². The summed E-state index contributed by atoms with van der Waals surface area (Å²) in [5, 5.41) is 11.7. The third kappa shape index (κ3) is 4.34. The Labute approximate surface area is 102 Å². The van der Waals surface area contributed by atoms with E-state index in [2.05, 4.69) is 17.3 Å². The third-order valence-electron chi connectivity index (χ3n) is 3.26. The molecule has 1 amide bonds. The molecule has 0 aromatic rings. The first-order valence-corrected chi connectivity index (χ1v) is 6.02. The van der Waals surface area contributed by atoms with Crippen LogP contribution in [-0.4, -0.2) is 48.1 Å². The van der Waals surface area contributed by atoms with Gasteiger partial charge in [-0.25, -0.2) is 0 Å². The van der Waals surface area contributed by atoms with E-state index in [-0.39, 0.29) is 18.4 Å². The van der Waals surface area contributed by atoms with E-state index >= 15 is 0 Å². The summed E-state index contributed by atoms with van der Waals surface area (Å²) >= 11 is 0. The second-order valence-corrected chi connectivity index (χ2v) is 5.51. The molecular formula is C12H22N2O3. The van der Waals surface area contributed by atoms with Crippen LogP contribution in [0.15, 0.2) is 0 Å². The number of carboxylic acid groups (broad SMARTS) is 1. The zero-order chi connectivity index (χ0) is 13.1. The van der Waals surface area contributed by atoms with Crippen LogP contribution in [0.5, 0.6) is 0 Å². The van der Waals surface area contributed by atoms with Crippen molar-refractivity contribution in [1.82, 2.24) is 10.2 Å². The molecule has 0 aromatic heterocycles. The zero-order valence-electron chi connectivity index (χ0n) is 10.8. The fraction of sp³-hybridized carbons (Fsp3) is 0.833. The van der Waals surface area contributed by atoms with Crippen molar-refractivity contribution in [1.29, 1.82) is 0 Å². The first-order valence-electron chi connectivity index (χ1n) is 6.02. The minimum Gasteiger partial charge on any atom is -0.481 e. The SMILES string of the molecule is CN1CCC(NC(=O)C(C)(C)CC(=O)O)CC1. The van der Waals surface area contributed by atoms with Gasteiger partial charge in [-0.05, 0) is 33.0 Å². The Balaban J connectivity index is 2.45. The summed E-state index contributed by atoms with van der Waals surface area (Å²) in [4.78, 5) is 24.9. The highest BCUT2D eigenvalue weighted by atomic mass is 16.4. The van der Waals surface area contributed by atoms with Gasteiger partial charge in [0.25, 0.3) is 0 Å². The van der Waals surface area contributed by atoms with E-state index in [9.17, 15) is 9.59 Å². The minimum atomic E-state index is -0.937. The average Bonchev–Trinajstić information content (AvgIpc) is 2.19. The van der Waals surface area contributed by atoms with E-state index in [1.165, 1.54) is 0 Å². The van der Waals surface area contributed by atoms with E-state index in [1.807, 2.05) is 0 Å². The van der Waals surface area contributed by atoms with Crippen LogP contribution in [0.1, 0.15) is 33.1 Å². The van der Waals surface area contributed by atoms with Gasteiger partial charge in [0.15, 0.2) is 0 Å². The van der Waals surface area contributed by atoms with Crippen LogP contribution >= 0.6 is 0 Å². The summed E-state index contributed by atoms with van der Waals surface area (Å²) < 4.78 is 0. The molecular weight excluding hydrogens is 220 g/mol. The predicted molar refractivity (Wildman–Crippen MR) is 64.7 cm³/mol. The number of carbonyl (C=O) groups is 2. The fourth-order valence-corrected chi connectivity index (χ4v) is 1.99. The molecule has 0 aliphatic carbocycles. The van der Waals surface area contributed by atoms with Crippen LogP contribution in [0.2, 0.25) is 0 Å². The Morgan fingerprint density at radius 2 is 1.88 bits per heavy atom. The summed E-state index contributed by atoms with van der Waals surface area (Å²) in [6.45, 7) is 5.30. The van der Waals surface area contributed by atoms with E-state index in [4.69, 9.17) is 5.11 Å². The van der Waals surface area contributed by atoms with Gasteiger partial charge in [-0.15, -0.1) is 0 Å². The highest BCUT2D eigenvalue weighted by molar-refractivity contribution is 5.86. The van der Waals surface area contributed by atoms with Crippen LogP contribution < -0.4 is 5.32 Å². The van der Waals surface area contributed by atoms with Gasteiger partial charge in [0.05, 0.1) is 11.8 Å². The van der Waals surface area contributed by atoms with Crippen LogP contribution in [0, 0.1) is 5.41 Å². The summed E-state index contributed by atoms with van der Waals surface area (Å²) in [5.74, 6) is -1.09. The fourth-order valence-electron chi connectivity index (χ4n) is 1.99. The summed E-state index contributed by atoms with van der Waals surface area (Å²) in [6.07, 6.45) is 1.74. The lowest BCUT2D eigenvalue weighted by molar-refractivity contribution is -0.144. The lowest BCUT2D eigenvalue weighted by Gasteiger charge is -2.32. The van der Waals surface area contributed by atoms with Crippen molar-refractivity contribution < 1.29 is 14.7 Å². The molecule has 0 aromatic carbocycles. The quantitative estimate of drug-likeness (QED) is 0.761. The molecule has 2 N–H and O–H groups in total. The number of carbonyl (C=O) groups excluding carboxylic acids is 1. The number of piperidine rings is 1. The topological polar surface area (TPSA) is 69.6 Å². The molecule has 98 valence electrons. The van der Waals surface area contributed by atoms with E-state index in [1.54, 1.807) is 13.8 Å². The predicted octanol–water partition coefficient (Wildman–Crippen LogP) is 0.698. The zero-order valence-corrected chi connectivity index (χ0v) is 10.8. The Hall–Kier alpha value is -1.10. The third-order valence-corrected chi connectivity index (χ3v) is 3.26. The number of amides is 1. The minimum absolute atomic E-state index is 0.133. The van der Waals surface area contributed by atoms with Crippen LogP contribution in [0.25, 0.3) is 0 Å². The van der Waals surface area contributed by atoms with Crippen molar-refractivity contribution in [2.75, 3.05) is 20.1 Å². The second kappa shape index (κ2) is 5.49. The van der Waals surface area contributed by atoms with E-state index < -0.39 is 11.4 Å². The number of carboxylic acids is 1. The maximum absolute atomic E-state index is 12.0. The standard InChI is InChI=1S/C12H22N2O3/c1-12(2,8-10(15)16)11(17)13-9-4-6-14(3)7-5-9/h9H,4-8H2,1-3H3,(H,13,17)(H,15,16). The molecule has 1 rings (SSSR count). The Morgan fingerprint density at radius 1 is 1.35 bits per heavy atom. The number of hydrogen-bond donors (Lipinski definition) is 2. The number of rotatable bonds is 4. The molecule has 0 unspecified atom stereocenters. The largest absolute Gasteiger partial charge is 0.481 e. The van der Waals surface area contributed by atoms with Crippen LogP contribution in [0.4, 0.5) is 0 Å². The van der Waals surface area contributed by atoms with Gasteiger partial charge in [0.2, 0.25) is 5.91 Å². The molecule has 1 saturated heterocycles. The molecule has 1 aliphatic rings. The molecule has 0 bridgehead atoms. The van der Waals surface area contributed by atoms with Crippen LogP contribution in [0.3, 0.4) is 0 Å². The van der Waals surface area contributed by atoms with Crippen molar-refractivity contribution in [3.05, 3.63) is 0 Å². The average molecular weight is 242 g/mol. The molecule has 5 heteroatoms. The van der Waals surface area contributed by atoms with Crippen molar-refractivity contribution >= 4 is 11.9 Å². The molecule has 0 atom stereocenters. The first-order chi connectivity index (χ1) is 7.81. The van der Waals surface area contributed by atoms with Crippen molar-refractivity contribution in [3.63, 3.8) is 0 Å². The second-order valence-electron chi connectivity index (χ2n) is 5.51. The van der Waals surface area contributed by atoms with Gasteiger partial charge in [0, 0.05) is 6.04 Å². The van der Waals surface area contributed by atoms with Gasteiger partial charge < -0.3 is 15.3 Å². The van der Waals surface area contributed by atoms with Crippen molar-refractivity contribution in [2.45, 2.75) is 39.2 Å². The molecule has 17 heavy (non-hydrogen) atoms. The smallest absolute Gasteiger partial charge is 0.304 e. The molecule has 0 saturated carbocycles. The molecule has 1 aliphatic heterocycles. The summed E-state index contributed by atoms with van der Waals surface area (Å²) in [6, 6.07) is 0.187. The van der Waals surface area contributed by atoms with E-state index in [0.717, 1.165) is 25.9 Å². The normalized spacial score (nSPS) is 19.0. The Bertz CT molecular complexity index is 294. The molecule has 0 radical (unpaired) electrons. The molecule has 1 heterocycles. The van der Waals surface area contributed by atoms with Gasteiger partial charge in [-0.2, -0.15) is 0 Å². The number of nitrogens with one attached hydrogen (secondary N) is 1. The maximum atomic E-state index is 12.0. The molecule has 5 nitrogen and oxygen atoms in total. The monoisotopic (exact) mass is 242 g/mol. The van der Waals surface area contributed by atoms with Crippen molar-refractivity contribution in [3.8, 4) is 0 Å². The van der Waals surface area contributed by atoms with Gasteiger partial charge in [0.1, 0.15) is 0 Å². The number of aliphatic carboxylic acids is 1. The highest BCUT2D eigenvalue weighted by Gasteiger charge is 2.32. The Kier molecular flexibility index (Phi) is 4.51. The summed E-state index contributed by atoms with van der Waals surface area (Å²) in [5.41, 5.74) is -0.838. The number of hydrogen-bond acceptors (Lipinski definition) is 3. The van der Waals surface area contributed by atoms with E-state index in [0.29, 0.717) is 0 Å². The maximum Gasteiger partial charge on any atom is 0.304 e. The first kappa shape index (κ1) is 14.0. The number of likely N-dealkylation sites (tertiary alicyclic amines) is 1. The summed E-state index contributed by atoms with van der Waals surface area (Å²) in [7, 11) is 2.06. The lowest BCUT2D eigenvalue weighted by atomic mass is 9.87. The van der Waals surface area contributed by atoms with Crippen molar-refractivity contribution in [2.24, 2.45) is 5.41 Å². The number of nitrogens with zero attached hydrogens (tertiary/aromatic N) is 1. The highest BCUT2D eigenvalue weighted by Crippen LogP contribution is 2.21. The van der Waals surface area contributed by atoms with Gasteiger partial charge in [-0.1, -0.05) is 13.8 Å².